The van der Waals surface area contributed by atoms with E-state index in [1.54, 1.807) is 0 Å². The number of rotatable bonds is 12. The average Bonchev–Trinajstić information content (AvgIpc) is 3.16. The molecule has 0 saturated heterocycles. The Bertz CT molecular complexity index is 956. The van der Waals surface area contributed by atoms with E-state index in [9.17, 15) is 24.9 Å². The van der Waals surface area contributed by atoms with E-state index in [2.05, 4.69) is 26.5 Å². The number of aliphatic hydroxyl groups excluding tert-OH is 2. The van der Waals surface area contributed by atoms with Gasteiger partial charge in [-0.05, 0) is 99.0 Å². The summed E-state index contributed by atoms with van der Waals surface area (Å²) in [5.74, 6) is 1.01. The summed E-state index contributed by atoms with van der Waals surface area (Å²) < 4.78 is 0. The lowest BCUT2D eigenvalue weighted by Gasteiger charge is -2.47. The van der Waals surface area contributed by atoms with E-state index in [0.717, 1.165) is 50.5 Å². The summed E-state index contributed by atoms with van der Waals surface area (Å²) in [6.07, 6.45) is 12.0. The highest BCUT2D eigenvalue weighted by atomic mass is 16.4. The summed E-state index contributed by atoms with van der Waals surface area (Å²) in [6, 6.07) is 0. The van der Waals surface area contributed by atoms with Crippen LogP contribution in [0.1, 0.15) is 111 Å². The third-order valence-corrected chi connectivity index (χ3v) is 9.87. The minimum atomic E-state index is -0.860. The Morgan fingerprint density at radius 3 is 2.51 bits per heavy atom. The van der Waals surface area contributed by atoms with Crippen LogP contribution in [0.3, 0.4) is 0 Å². The number of aliphatic carboxylic acids is 1. The van der Waals surface area contributed by atoms with E-state index in [1.807, 2.05) is 19.9 Å². The van der Waals surface area contributed by atoms with Crippen molar-refractivity contribution in [1.82, 2.24) is 0 Å². The predicted octanol–water partition coefficient (Wildman–Crippen LogP) is 6.14. The number of Topliss-reactive ketones (excluding diaryl/α,β-unsaturated/α-hetero) is 1. The van der Waals surface area contributed by atoms with Crippen LogP contribution < -0.4 is 0 Å². The molecule has 3 aliphatic rings. The average molecular weight is 545 g/mol. The van der Waals surface area contributed by atoms with Crippen molar-refractivity contribution in [3.63, 3.8) is 0 Å². The van der Waals surface area contributed by atoms with Crippen LogP contribution in [0.5, 0.6) is 0 Å². The van der Waals surface area contributed by atoms with Gasteiger partial charge in [-0.3, -0.25) is 9.59 Å². The van der Waals surface area contributed by atoms with Gasteiger partial charge in [-0.15, -0.1) is 0 Å². The first kappa shape index (κ1) is 31.8. The fourth-order valence-corrected chi connectivity index (χ4v) is 7.98. The summed E-state index contributed by atoms with van der Waals surface area (Å²) in [5.41, 5.74) is 2.37. The van der Waals surface area contributed by atoms with Crippen LogP contribution in [0.4, 0.5) is 0 Å². The van der Waals surface area contributed by atoms with E-state index >= 15 is 0 Å². The first-order valence-electron chi connectivity index (χ1n) is 15.1. The lowest BCUT2D eigenvalue weighted by Crippen LogP contribution is -2.39. The van der Waals surface area contributed by atoms with Gasteiger partial charge in [-0.1, -0.05) is 51.0 Å². The SMILES string of the molecule is C=C1/C(=C\C=C2/C[C@H](CC(=O)CCCC(=O)O)C[C@]3(C)[C@@H]([C@H](C)CCCC(C)(C)O)CC[C@@H]23)C[C@@H](O)C[C@@H]1O. The van der Waals surface area contributed by atoms with Gasteiger partial charge in [0.15, 0.2) is 0 Å². The van der Waals surface area contributed by atoms with Crippen molar-refractivity contribution in [2.75, 3.05) is 0 Å². The molecule has 0 unspecified atom stereocenters. The molecule has 3 fully saturated rings. The molecule has 220 valence electrons. The Labute approximate surface area is 235 Å². The summed E-state index contributed by atoms with van der Waals surface area (Å²) in [6.45, 7) is 12.6. The largest absolute Gasteiger partial charge is 0.481 e. The van der Waals surface area contributed by atoms with E-state index in [1.165, 1.54) is 5.57 Å². The van der Waals surface area contributed by atoms with Gasteiger partial charge in [0.2, 0.25) is 0 Å². The number of hydrogen-bond donors (Lipinski definition) is 4. The molecule has 6 nitrogen and oxygen atoms in total. The molecule has 0 bridgehead atoms. The number of aliphatic hydroxyl groups is 3. The van der Waals surface area contributed by atoms with E-state index in [4.69, 9.17) is 5.11 Å². The lowest BCUT2D eigenvalue weighted by atomic mass is 9.57. The van der Waals surface area contributed by atoms with Gasteiger partial charge in [-0.2, -0.15) is 0 Å². The second kappa shape index (κ2) is 13.3. The molecule has 39 heavy (non-hydrogen) atoms. The molecule has 0 aliphatic heterocycles. The van der Waals surface area contributed by atoms with Gasteiger partial charge in [0.1, 0.15) is 5.78 Å². The molecule has 4 N–H and O–H groups in total. The maximum atomic E-state index is 12.9. The maximum absolute atomic E-state index is 12.9. The van der Waals surface area contributed by atoms with Crippen LogP contribution in [0.2, 0.25) is 0 Å². The van der Waals surface area contributed by atoms with Crippen LogP contribution in [0.25, 0.3) is 0 Å². The van der Waals surface area contributed by atoms with Gasteiger partial charge in [0, 0.05) is 25.7 Å². The molecule has 3 rings (SSSR count). The van der Waals surface area contributed by atoms with Gasteiger partial charge in [0.05, 0.1) is 17.8 Å². The van der Waals surface area contributed by atoms with Crippen LogP contribution in [0.15, 0.2) is 35.5 Å². The normalized spacial score (nSPS) is 34.3. The first-order valence-corrected chi connectivity index (χ1v) is 15.1. The zero-order valence-corrected chi connectivity index (χ0v) is 24.6. The number of carboxylic acids is 1. The van der Waals surface area contributed by atoms with Crippen LogP contribution in [0, 0.1) is 29.1 Å². The van der Waals surface area contributed by atoms with Crippen LogP contribution in [-0.4, -0.2) is 50.0 Å². The van der Waals surface area contributed by atoms with E-state index < -0.39 is 23.8 Å². The van der Waals surface area contributed by atoms with Crippen molar-refractivity contribution in [3.8, 4) is 0 Å². The number of fused-ring (bicyclic) bond motifs is 1. The van der Waals surface area contributed by atoms with Crippen LogP contribution in [-0.2, 0) is 9.59 Å². The molecular weight excluding hydrogens is 492 g/mol. The molecule has 6 heteroatoms. The van der Waals surface area contributed by atoms with Crippen molar-refractivity contribution < 1.29 is 30.0 Å². The number of ketones is 1. The molecule has 0 aromatic rings. The zero-order chi connectivity index (χ0) is 29.0. The van der Waals surface area contributed by atoms with Gasteiger partial charge >= 0.3 is 5.97 Å². The Morgan fingerprint density at radius 1 is 1.13 bits per heavy atom. The predicted molar refractivity (Wildman–Crippen MR) is 154 cm³/mol. The second-order valence-corrected chi connectivity index (χ2v) is 13.8. The highest BCUT2D eigenvalue weighted by molar-refractivity contribution is 5.79. The van der Waals surface area contributed by atoms with Crippen molar-refractivity contribution in [2.45, 2.75) is 129 Å². The molecule has 0 heterocycles. The molecule has 3 aliphatic carbocycles. The molecular formula is C33H52O6. The Hall–Kier alpha value is -1.76. The smallest absolute Gasteiger partial charge is 0.303 e. The lowest BCUT2D eigenvalue weighted by molar-refractivity contribution is -0.137. The molecule has 0 amide bonds. The number of hydrogen-bond acceptors (Lipinski definition) is 5. The van der Waals surface area contributed by atoms with Crippen molar-refractivity contribution in [1.29, 1.82) is 0 Å². The Balaban J connectivity index is 1.82. The minimum absolute atomic E-state index is 0.0285. The number of allylic oxidation sites excluding steroid dienone is 3. The third-order valence-electron chi connectivity index (χ3n) is 9.87. The molecule has 0 aromatic carbocycles. The highest BCUT2D eigenvalue weighted by Crippen LogP contribution is 2.61. The van der Waals surface area contributed by atoms with Gasteiger partial charge < -0.3 is 20.4 Å². The zero-order valence-electron chi connectivity index (χ0n) is 24.6. The second-order valence-electron chi connectivity index (χ2n) is 13.8. The number of carbonyl (C=O) groups is 2. The number of carbonyl (C=O) groups excluding carboxylic acids is 1. The van der Waals surface area contributed by atoms with Crippen molar-refractivity contribution in [2.24, 2.45) is 29.1 Å². The fraction of sp³-hybridized carbons (Fsp3) is 0.758. The van der Waals surface area contributed by atoms with E-state index in [0.29, 0.717) is 55.4 Å². The standard InChI is InChI=1S/C33H52O6/c1-21(8-7-15-32(3,4)39)28-13-14-29-25(12-11-24-18-27(35)19-30(36)22(24)2)16-23(20-33(28,29)5)17-26(34)9-6-10-31(37)38/h11-12,21,23,27-30,35-36,39H,2,6-10,13-20H2,1,3-5H3,(H,37,38)/b24-11-,25-12+/t21-,23-,27-,28-,29+,30+,33-/m1/s1. The molecule has 0 spiro atoms. The van der Waals surface area contributed by atoms with Gasteiger partial charge in [0.25, 0.3) is 0 Å². The topological polar surface area (TPSA) is 115 Å². The summed E-state index contributed by atoms with van der Waals surface area (Å²) >= 11 is 0. The monoisotopic (exact) mass is 544 g/mol. The fourth-order valence-electron chi connectivity index (χ4n) is 7.98. The number of carboxylic acid groups (broad SMARTS) is 1. The summed E-state index contributed by atoms with van der Waals surface area (Å²) in [5, 5.41) is 39.6. The molecule has 0 aromatic heterocycles. The summed E-state index contributed by atoms with van der Waals surface area (Å²) in [7, 11) is 0. The molecule has 3 saturated carbocycles. The van der Waals surface area contributed by atoms with Crippen molar-refractivity contribution >= 4 is 11.8 Å². The van der Waals surface area contributed by atoms with Crippen LogP contribution >= 0.6 is 0 Å². The molecule has 7 atom stereocenters. The van der Waals surface area contributed by atoms with Gasteiger partial charge in [-0.25, -0.2) is 0 Å². The van der Waals surface area contributed by atoms with Crippen molar-refractivity contribution in [3.05, 3.63) is 35.5 Å². The highest BCUT2D eigenvalue weighted by Gasteiger charge is 2.52. The quantitative estimate of drug-likeness (QED) is 0.234. The molecule has 0 radical (unpaired) electrons. The van der Waals surface area contributed by atoms with E-state index in [-0.39, 0.29) is 23.5 Å². The third kappa shape index (κ3) is 8.61. The maximum Gasteiger partial charge on any atom is 0.303 e. The Kier molecular flexibility index (Phi) is 10.8. The first-order chi connectivity index (χ1) is 18.2. The summed E-state index contributed by atoms with van der Waals surface area (Å²) in [4.78, 5) is 23.8. The minimum Gasteiger partial charge on any atom is -0.481 e. The Morgan fingerprint density at radius 2 is 1.85 bits per heavy atom.